The molecule has 1 unspecified atom stereocenters. The summed E-state index contributed by atoms with van der Waals surface area (Å²) in [4.78, 5) is 20.7. The molecule has 1 aromatic heterocycles. The Morgan fingerprint density at radius 2 is 2.25 bits per heavy atom. The van der Waals surface area contributed by atoms with Gasteiger partial charge in [0.2, 0.25) is 0 Å². The maximum Gasteiger partial charge on any atom is 0.257 e. The average Bonchev–Trinajstić information content (AvgIpc) is 2.96. The summed E-state index contributed by atoms with van der Waals surface area (Å²) in [6, 6.07) is 8.25. The van der Waals surface area contributed by atoms with Crippen molar-refractivity contribution in [3.63, 3.8) is 0 Å². The van der Waals surface area contributed by atoms with Crippen LogP contribution in [0.3, 0.4) is 0 Å². The van der Waals surface area contributed by atoms with Gasteiger partial charge in [0.05, 0.1) is 5.69 Å². The topological polar surface area (TPSA) is 57.3 Å². The van der Waals surface area contributed by atoms with E-state index in [0.717, 1.165) is 37.1 Å². The number of hydrogen-bond donors (Lipinski definition) is 2. The molecule has 0 saturated carbocycles. The first-order valence-electron chi connectivity index (χ1n) is 8.26. The zero-order chi connectivity index (χ0) is 17.1. The molecule has 1 aromatic carbocycles. The Bertz CT molecular complexity index is 726. The lowest BCUT2D eigenvalue weighted by Crippen LogP contribution is -2.32. The molecule has 1 aliphatic rings. The molecule has 1 aliphatic carbocycles. The molecule has 0 fully saturated rings. The van der Waals surface area contributed by atoms with E-state index in [0.29, 0.717) is 16.7 Å². The molecule has 0 radical (unpaired) electrons. The summed E-state index contributed by atoms with van der Waals surface area (Å²) in [6.07, 6.45) is 3.14. The third-order valence-corrected chi connectivity index (χ3v) is 5.47. The molecular formula is C18H24N4OS. The van der Waals surface area contributed by atoms with Gasteiger partial charge in [-0.1, -0.05) is 12.1 Å². The minimum atomic E-state index is -0.0943. The number of amides is 1. The molecule has 1 atom stereocenters. The molecule has 1 amide bonds. The van der Waals surface area contributed by atoms with Crippen molar-refractivity contribution < 1.29 is 4.79 Å². The summed E-state index contributed by atoms with van der Waals surface area (Å²) in [5.74, 6) is -0.0943. The maximum atomic E-state index is 12.5. The quantitative estimate of drug-likeness (QED) is 0.875. The number of carbonyl (C=O) groups excluding carboxylic acids is 1. The van der Waals surface area contributed by atoms with Gasteiger partial charge in [0.25, 0.3) is 5.91 Å². The number of benzene rings is 1. The fraction of sp³-hybridized carbons (Fsp3) is 0.444. The van der Waals surface area contributed by atoms with Crippen LogP contribution in [0, 0.1) is 0 Å². The molecular weight excluding hydrogens is 320 g/mol. The van der Waals surface area contributed by atoms with Gasteiger partial charge in [-0.25, -0.2) is 4.98 Å². The van der Waals surface area contributed by atoms with Gasteiger partial charge in [-0.3, -0.25) is 10.1 Å². The van der Waals surface area contributed by atoms with Gasteiger partial charge < -0.3 is 10.2 Å². The highest BCUT2D eigenvalue weighted by Gasteiger charge is 2.24. The number of anilines is 1. The zero-order valence-corrected chi connectivity index (χ0v) is 15.2. The monoisotopic (exact) mass is 344 g/mol. The lowest BCUT2D eigenvalue weighted by atomic mass is 9.97. The van der Waals surface area contributed by atoms with Crippen molar-refractivity contribution in [3.05, 3.63) is 46.0 Å². The highest BCUT2D eigenvalue weighted by atomic mass is 32.1. The number of hydrogen-bond acceptors (Lipinski definition) is 5. The summed E-state index contributed by atoms with van der Waals surface area (Å²) in [5, 5.41) is 6.77. The number of aryl methyl sites for hydroxylation is 1. The van der Waals surface area contributed by atoms with Crippen LogP contribution < -0.4 is 10.6 Å². The zero-order valence-electron chi connectivity index (χ0n) is 14.4. The second-order valence-electron chi connectivity index (χ2n) is 6.43. The summed E-state index contributed by atoms with van der Waals surface area (Å²) in [5.41, 5.74) is 2.91. The van der Waals surface area contributed by atoms with Crippen LogP contribution in [0.2, 0.25) is 0 Å². The third kappa shape index (κ3) is 3.83. The van der Waals surface area contributed by atoms with E-state index >= 15 is 0 Å². The molecule has 0 aliphatic heterocycles. The number of likely N-dealkylation sites (N-methyl/N-ethyl adjacent to an activating group) is 1. The van der Waals surface area contributed by atoms with Crippen molar-refractivity contribution in [3.8, 4) is 0 Å². The first-order valence-corrected chi connectivity index (χ1v) is 9.08. The Balaban J connectivity index is 1.71. The van der Waals surface area contributed by atoms with E-state index in [1.807, 2.05) is 31.3 Å². The van der Waals surface area contributed by atoms with Gasteiger partial charge >= 0.3 is 0 Å². The Hall–Kier alpha value is -1.76. The first kappa shape index (κ1) is 17.1. The van der Waals surface area contributed by atoms with Crippen molar-refractivity contribution in [2.75, 3.05) is 26.5 Å². The third-order valence-electron chi connectivity index (χ3n) is 4.43. The Kier molecular flexibility index (Phi) is 5.28. The number of rotatable bonds is 5. The van der Waals surface area contributed by atoms with E-state index in [2.05, 4.69) is 34.6 Å². The largest absolute Gasteiger partial charge is 0.316 e. The van der Waals surface area contributed by atoms with E-state index in [1.165, 1.54) is 4.88 Å². The second-order valence-corrected chi connectivity index (χ2v) is 7.52. The highest BCUT2D eigenvalue weighted by Crippen LogP contribution is 2.31. The fourth-order valence-corrected chi connectivity index (χ4v) is 4.12. The standard InChI is InChI=1S/C18H24N4OS/c1-19-11-12-5-4-6-13(9-12)17(23)21-18-20-15-8-7-14(22(2)3)10-16(15)24-18/h4-6,9,14,19H,7-8,10-11H2,1-3H3,(H,20,21,23). The van der Waals surface area contributed by atoms with Gasteiger partial charge in [0, 0.05) is 23.0 Å². The molecule has 3 rings (SSSR count). The predicted molar refractivity (Wildman–Crippen MR) is 98.8 cm³/mol. The summed E-state index contributed by atoms with van der Waals surface area (Å²) in [6.45, 7) is 0.749. The Morgan fingerprint density at radius 3 is 3.00 bits per heavy atom. The molecule has 0 bridgehead atoms. The van der Waals surface area contributed by atoms with E-state index < -0.39 is 0 Å². The van der Waals surface area contributed by atoms with Crippen LogP contribution >= 0.6 is 11.3 Å². The molecule has 2 aromatic rings. The summed E-state index contributed by atoms with van der Waals surface area (Å²) >= 11 is 1.61. The number of thiazole rings is 1. The molecule has 5 nitrogen and oxygen atoms in total. The van der Waals surface area contributed by atoms with Crippen LogP contribution in [0.4, 0.5) is 5.13 Å². The minimum Gasteiger partial charge on any atom is -0.316 e. The molecule has 2 N–H and O–H groups in total. The molecule has 1 heterocycles. The van der Waals surface area contributed by atoms with Crippen LogP contribution in [0.1, 0.15) is 32.9 Å². The van der Waals surface area contributed by atoms with Crippen LogP contribution in [0.25, 0.3) is 0 Å². The van der Waals surface area contributed by atoms with Crippen LogP contribution in [-0.4, -0.2) is 43.0 Å². The smallest absolute Gasteiger partial charge is 0.257 e. The number of nitrogens with one attached hydrogen (secondary N) is 2. The normalized spacial score (nSPS) is 16.9. The molecule has 24 heavy (non-hydrogen) atoms. The summed E-state index contributed by atoms with van der Waals surface area (Å²) in [7, 11) is 6.14. The number of carbonyl (C=O) groups is 1. The number of aromatic nitrogens is 1. The second kappa shape index (κ2) is 7.42. The Labute approximate surface area is 147 Å². The molecule has 0 saturated heterocycles. The number of fused-ring (bicyclic) bond motifs is 1. The van der Waals surface area contributed by atoms with E-state index in [-0.39, 0.29) is 5.91 Å². The van der Waals surface area contributed by atoms with Crippen molar-refractivity contribution >= 4 is 22.4 Å². The lowest BCUT2D eigenvalue weighted by molar-refractivity contribution is 0.102. The van der Waals surface area contributed by atoms with Crippen LogP contribution in [0.15, 0.2) is 24.3 Å². The van der Waals surface area contributed by atoms with Crippen molar-refractivity contribution in [1.82, 2.24) is 15.2 Å². The molecule has 6 heteroatoms. The van der Waals surface area contributed by atoms with E-state index in [4.69, 9.17) is 0 Å². The van der Waals surface area contributed by atoms with Crippen LogP contribution in [-0.2, 0) is 19.4 Å². The van der Waals surface area contributed by atoms with Gasteiger partial charge in [-0.05, 0) is 58.1 Å². The fourth-order valence-electron chi connectivity index (χ4n) is 3.05. The van der Waals surface area contributed by atoms with E-state index in [9.17, 15) is 4.79 Å². The minimum absolute atomic E-state index is 0.0943. The average molecular weight is 344 g/mol. The van der Waals surface area contributed by atoms with Gasteiger partial charge in [-0.15, -0.1) is 11.3 Å². The summed E-state index contributed by atoms with van der Waals surface area (Å²) < 4.78 is 0. The number of nitrogens with zero attached hydrogens (tertiary/aromatic N) is 2. The van der Waals surface area contributed by atoms with Crippen molar-refractivity contribution in [1.29, 1.82) is 0 Å². The van der Waals surface area contributed by atoms with Gasteiger partial charge in [0.1, 0.15) is 0 Å². The predicted octanol–water partition coefficient (Wildman–Crippen LogP) is 2.53. The Morgan fingerprint density at radius 1 is 1.42 bits per heavy atom. The maximum absolute atomic E-state index is 12.5. The van der Waals surface area contributed by atoms with Gasteiger partial charge in [-0.2, -0.15) is 0 Å². The van der Waals surface area contributed by atoms with Gasteiger partial charge in [0.15, 0.2) is 5.13 Å². The SMILES string of the molecule is CNCc1cccc(C(=O)Nc2nc3c(s2)CC(N(C)C)CC3)c1. The van der Waals surface area contributed by atoms with Crippen molar-refractivity contribution in [2.45, 2.75) is 31.8 Å². The lowest BCUT2D eigenvalue weighted by Gasteiger charge is -2.27. The van der Waals surface area contributed by atoms with E-state index in [1.54, 1.807) is 11.3 Å². The highest BCUT2D eigenvalue weighted by molar-refractivity contribution is 7.15. The molecule has 0 spiro atoms. The molecule has 128 valence electrons. The van der Waals surface area contributed by atoms with Crippen LogP contribution in [0.5, 0.6) is 0 Å². The first-order chi connectivity index (χ1) is 11.6. The van der Waals surface area contributed by atoms with Crippen molar-refractivity contribution in [2.24, 2.45) is 0 Å².